The minimum Gasteiger partial charge on any atom is -0.444 e. The molecule has 4 atom stereocenters. The molecule has 0 radical (unpaired) electrons. The number of aliphatic imine (C=N–C) groups is 1. The molecular weight excluding hydrogens is 394 g/mol. The number of H-pyrrole nitrogens is 1. The number of aromatic nitrogens is 2. The predicted molar refractivity (Wildman–Crippen MR) is 119 cm³/mol. The summed E-state index contributed by atoms with van der Waals surface area (Å²) in [6.45, 7) is 5.54. The number of hydrogen-bond donors (Lipinski definition) is 2. The number of hydrogen-bond acceptors (Lipinski definition) is 5. The summed E-state index contributed by atoms with van der Waals surface area (Å²) < 4.78 is 5.61. The van der Waals surface area contributed by atoms with Gasteiger partial charge < -0.3 is 10.1 Å². The normalized spacial score (nSPS) is 24.1. The molecule has 1 aliphatic carbocycles. The van der Waals surface area contributed by atoms with E-state index in [9.17, 15) is 9.59 Å². The summed E-state index contributed by atoms with van der Waals surface area (Å²) in [7, 11) is 1.70. The summed E-state index contributed by atoms with van der Waals surface area (Å²) in [6, 6.07) is 5.40. The maximum atomic E-state index is 13.3. The van der Waals surface area contributed by atoms with E-state index >= 15 is 0 Å². The Morgan fingerprint density at radius 1 is 1.39 bits per heavy atom. The SMILES string of the molecule is CN=CC(Cc1ccc2cn[nH]c2c1)NC(=O)[C@@H]1[C@H]2CC[C@H](C2)N1C(=O)OC(C)(C)C. The second-order valence-corrected chi connectivity index (χ2v) is 9.58. The molecule has 2 fully saturated rings. The fourth-order valence-corrected chi connectivity index (χ4v) is 4.86. The van der Waals surface area contributed by atoms with Crippen molar-refractivity contribution in [2.75, 3.05) is 7.05 Å². The zero-order valence-corrected chi connectivity index (χ0v) is 18.6. The van der Waals surface area contributed by atoms with Gasteiger partial charge in [0.15, 0.2) is 0 Å². The average Bonchev–Trinajstić information content (AvgIpc) is 3.41. The number of aromatic amines is 1. The maximum absolute atomic E-state index is 13.3. The largest absolute Gasteiger partial charge is 0.444 e. The Morgan fingerprint density at radius 3 is 2.94 bits per heavy atom. The third-order valence-corrected chi connectivity index (χ3v) is 6.08. The van der Waals surface area contributed by atoms with Crippen LogP contribution in [0.2, 0.25) is 0 Å². The van der Waals surface area contributed by atoms with Gasteiger partial charge >= 0.3 is 6.09 Å². The summed E-state index contributed by atoms with van der Waals surface area (Å²) >= 11 is 0. The van der Waals surface area contributed by atoms with Gasteiger partial charge in [-0.1, -0.05) is 12.1 Å². The van der Waals surface area contributed by atoms with Gasteiger partial charge in [-0.25, -0.2) is 4.79 Å². The van der Waals surface area contributed by atoms with Gasteiger partial charge in [0.1, 0.15) is 11.6 Å². The number of ether oxygens (including phenoxy) is 1. The van der Waals surface area contributed by atoms with E-state index in [1.807, 2.05) is 39.0 Å². The molecule has 1 aliphatic heterocycles. The van der Waals surface area contributed by atoms with Crippen LogP contribution in [0.15, 0.2) is 29.4 Å². The van der Waals surface area contributed by atoms with Crippen LogP contribution in [-0.2, 0) is 16.0 Å². The van der Waals surface area contributed by atoms with E-state index in [4.69, 9.17) is 4.74 Å². The molecule has 31 heavy (non-hydrogen) atoms. The zero-order chi connectivity index (χ0) is 22.2. The number of piperidine rings is 1. The summed E-state index contributed by atoms with van der Waals surface area (Å²) in [5.74, 6) is 0.0451. The van der Waals surface area contributed by atoms with Gasteiger partial charge in [-0.2, -0.15) is 5.10 Å². The van der Waals surface area contributed by atoms with E-state index in [2.05, 4.69) is 20.5 Å². The maximum Gasteiger partial charge on any atom is 0.411 e. The topological polar surface area (TPSA) is 99.7 Å². The molecular formula is C23H31N5O3. The van der Waals surface area contributed by atoms with Crippen molar-refractivity contribution >= 4 is 29.1 Å². The van der Waals surface area contributed by atoms with Crippen LogP contribution in [-0.4, -0.2) is 64.1 Å². The smallest absolute Gasteiger partial charge is 0.411 e. The van der Waals surface area contributed by atoms with Gasteiger partial charge in [-0.3, -0.25) is 19.8 Å². The first-order chi connectivity index (χ1) is 14.7. The quantitative estimate of drug-likeness (QED) is 0.719. The lowest BCUT2D eigenvalue weighted by Gasteiger charge is -2.36. The Bertz CT molecular complexity index is 993. The molecule has 2 aliphatic rings. The highest BCUT2D eigenvalue weighted by atomic mass is 16.6. The Labute approximate surface area is 182 Å². The number of amides is 2. The Hall–Kier alpha value is -2.90. The number of nitrogens with zero attached hydrogens (tertiary/aromatic N) is 3. The number of carbonyl (C=O) groups excluding carboxylic acids is 2. The molecule has 1 unspecified atom stereocenters. The predicted octanol–water partition coefficient (Wildman–Crippen LogP) is 3.08. The van der Waals surface area contributed by atoms with Crippen LogP contribution >= 0.6 is 0 Å². The van der Waals surface area contributed by atoms with Crippen LogP contribution in [0.5, 0.6) is 0 Å². The van der Waals surface area contributed by atoms with Crippen molar-refractivity contribution in [2.45, 2.75) is 70.2 Å². The van der Waals surface area contributed by atoms with E-state index in [0.717, 1.165) is 35.7 Å². The fourth-order valence-electron chi connectivity index (χ4n) is 4.86. The van der Waals surface area contributed by atoms with E-state index < -0.39 is 17.7 Å². The fraction of sp³-hybridized carbons (Fsp3) is 0.565. The van der Waals surface area contributed by atoms with E-state index in [1.54, 1.807) is 24.4 Å². The van der Waals surface area contributed by atoms with Crippen LogP contribution in [0.4, 0.5) is 4.79 Å². The third kappa shape index (κ3) is 4.57. The summed E-state index contributed by atoms with van der Waals surface area (Å²) in [6.07, 6.45) is 6.49. The van der Waals surface area contributed by atoms with Gasteiger partial charge in [0.05, 0.1) is 17.8 Å². The van der Waals surface area contributed by atoms with Crippen molar-refractivity contribution in [1.29, 1.82) is 0 Å². The lowest BCUT2D eigenvalue weighted by atomic mass is 9.97. The second-order valence-electron chi connectivity index (χ2n) is 9.58. The van der Waals surface area contributed by atoms with Crippen LogP contribution < -0.4 is 5.32 Å². The number of carbonyl (C=O) groups is 2. The lowest BCUT2D eigenvalue weighted by Crippen LogP contribution is -2.55. The van der Waals surface area contributed by atoms with Gasteiger partial charge in [-0.15, -0.1) is 0 Å². The molecule has 2 N–H and O–H groups in total. The number of rotatable bonds is 5. The monoisotopic (exact) mass is 425 g/mol. The minimum absolute atomic E-state index is 0.0803. The highest BCUT2D eigenvalue weighted by Crippen LogP contribution is 2.43. The van der Waals surface area contributed by atoms with Crippen molar-refractivity contribution in [2.24, 2.45) is 10.9 Å². The van der Waals surface area contributed by atoms with Crippen LogP contribution in [0.1, 0.15) is 45.6 Å². The molecule has 2 aromatic rings. The Balaban J connectivity index is 1.48. The lowest BCUT2D eigenvalue weighted by molar-refractivity contribution is -0.128. The van der Waals surface area contributed by atoms with E-state index in [1.165, 1.54) is 0 Å². The zero-order valence-electron chi connectivity index (χ0n) is 18.6. The highest BCUT2D eigenvalue weighted by Gasteiger charge is 2.52. The minimum atomic E-state index is -0.595. The number of fused-ring (bicyclic) bond motifs is 3. The van der Waals surface area contributed by atoms with Gasteiger partial charge in [0, 0.05) is 24.7 Å². The molecule has 2 heterocycles. The van der Waals surface area contributed by atoms with Crippen LogP contribution in [0.3, 0.4) is 0 Å². The van der Waals surface area contributed by atoms with Crippen molar-refractivity contribution in [3.05, 3.63) is 30.0 Å². The van der Waals surface area contributed by atoms with Gasteiger partial charge in [0.2, 0.25) is 5.91 Å². The summed E-state index contributed by atoms with van der Waals surface area (Å²) in [5.41, 5.74) is 1.43. The van der Waals surface area contributed by atoms with Gasteiger partial charge in [0.25, 0.3) is 0 Å². The van der Waals surface area contributed by atoms with Crippen molar-refractivity contribution < 1.29 is 14.3 Å². The van der Waals surface area contributed by atoms with Gasteiger partial charge in [-0.05, 0) is 64.0 Å². The second kappa shape index (κ2) is 8.32. The average molecular weight is 426 g/mol. The van der Waals surface area contributed by atoms with Crippen molar-refractivity contribution in [3.8, 4) is 0 Å². The van der Waals surface area contributed by atoms with Crippen molar-refractivity contribution in [3.63, 3.8) is 0 Å². The molecule has 0 spiro atoms. The van der Waals surface area contributed by atoms with Crippen molar-refractivity contribution in [1.82, 2.24) is 20.4 Å². The molecule has 1 aromatic heterocycles. The number of nitrogens with one attached hydrogen (secondary N) is 2. The molecule has 4 rings (SSSR count). The Kier molecular flexibility index (Phi) is 5.73. The molecule has 1 saturated heterocycles. The molecule has 2 bridgehead atoms. The number of likely N-dealkylation sites (tertiary alicyclic amines) is 1. The Morgan fingerprint density at radius 2 is 2.19 bits per heavy atom. The van der Waals surface area contributed by atoms with E-state index in [-0.39, 0.29) is 23.9 Å². The van der Waals surface area contributed by atoms with Crippen LogP contribution in [0.25, 0.3) is 10.9 Å². The first kappa shape index (κ1) is 21.3. The molecule has 8 heteroatoms. The summed E-state index contributed by atoms with van der Waals surface area (Å²) in [5, 5.41) is 11.2. The molecule has 8 nitrogen and oxygen atoms in total. The summed E-state index contributed by atoms with van der Waals surface area (Å²) in [4.78, 5) is 32.0. The molecule has 1 saturated carbocycles. The van der Waals surface area contributed by atoms with Crippen LogP contribution in [0, 0.1) is 5.92 Å². The van der Waals surface area contributed by atoms with E-state index in [0.29, 0.717) is 6.42 Å². The molecule has 1 aromatic carbocycles. The standard InChI is InChI=1S/C23H31N5O3/c1-23(2,3)31-22(30)28-18-8-7-15(11-18)20(28)21(29)26-17(13-24-4)9-14-5-6-16-12-25-27-19(16)10-14/h5-6,10,12-13,15,17-18,20H,7-9,11H2,1-4H3,(H,25,27)(H,26,29)/t15-,17?,18+,20-/m0/s1. The highest BCUT2D eigenvalue weighted by molar-refractivity contribution is 5.89. The molecule has 166 valence electrons. The number of benzene rings is 1. The molecule has 2 amide bonds. The first-order valence-corrected chi connectivity index (χ1v) is 10.9. The third-order valence-electron chi connectivity index (χ3n) is 6.08. The first-order valence-electron chi connectivity index (χ1n) is 10.9.